The van der Waals surface area contributed by atoms with Crippen molar-refractivity contribution >= 4 is 5.91 Å². The van der Waals surface area contributed by atoms with Crippen LogP contribution in [0.3, 0.4) is 0 Å². The van der Waals surface area contributed by atoms with E-state index in [1.165, 1.54) is 5.56 Å². The molecule has 0 bridgehead atoms. The highest BCUT2D eigenvalue weighted by atomic mass is 16.4. The van der Waals surface area contributed by atoms with Gasteiger partial charge in [-0.1, -0.05) is 44.2 Å². The Morgan fingerprint density at radius 1 is 1.09 bits per heavy atom. The molecule has 0 aliphatic carbocycles. The molecule has 0 saturated heterocycles. The third-order valence-electron chi connectivity index (χ3n) is 3.60. The van der Waals surface area contributed by atoms with Gasteiger partial charge in [-0.25, -0.2) is 0 Å². The summed E-state index contributed by atoms with van der Waals surface area (Å²) < 4.78 is 5.62. The summed E-state index contributed by atoms with van der Waals surface area (Å²) in [6.07, 6.45) is 2.50. The Hall–Kier alpha value is -2.17. The summed E-state index contributed by atoms with van der Waals surface area (Å²) in [7, 11) is 1.83. The molecule has 0 radical (unpaired) electrons. The molecule has 1 amide bonds. The highest BCUT2D eigenvalue weighted by Gasteiger charge is 2.13. The van der Waals surface area contributed by atoms with Crippen molar-refractivity contribution in [2.24, 2.45) is 5.92 Å². The molecule has 5 heteroatoms. The number of rotatable bonds is 8. The summed E-state index contributed by atoms with van der Waals surface area (Å²) in [5, 5.41) is 8.09. The van der Waals surface area contributed by atoms with Crippen LogP contribution in [0.5, 0.6) is 0 Å². The first-order chi connectivity index (χ1) is 11.0. The van der Waals surface area contributed by atoms with Gasteiger partial charge in [-0.2, -0.15) is 0 Å². The maximum absolute atomic E-state index is 12.0. The quantitative estimate of drug-likeness (QED) is 0.751. The average molecular weight is 315 g/mol. The Balaban J connectivity index is 1.77. The topological polar surface area (TPSA) is 59.2 Å². The van der Waals surface area contributed by atoms with Crippen molar-refractivity contribution in [1.29, 1.82) is 0 Å². The van der Waals surface area contributed by atoms with Crippen molar-refractivity contribution in [3.63, 3.8) is 0 Å². The molecule has 5 nitrogen and oxygen atoms in total. The van der Waals surface area contributed by atoms with Gasteiger partial charge in [0, 0.05) is 32.9 Å². The van der Waals surface area contributed by atoms with E-state index in [-0.39, 0.29) is 5.91 Å². The first kappa shape index (κ1) is 17.2. The molecule has 124 valence electrons. The van der Waals surface area contributed by atoms with Crippen LogP contribution in [0.4, 0.5) is 0 Å². The van der Waals surface area contributed by atoms with E-state index in [1.807, 2.05) is 25.2 Å². The third-order valence-corrected chi connectivity index (χ3v) is 3.60. The number of amides is 1. The SMILES string of the molecule is CC(C)CN(C)C(=O)CCc1nnc(CCc2ccccc2)o1. The van der Waals surface area contributed by atoms with Crippen LogP contribution in [0, 0.1) is 5.92 Å². The van der Waals surface area contributed by atoms with E-state index in [4.69, 9.17) is 4.42 Å². The third kappa shape index (κ3) is 5.85. The molecule has 1 aromatic carbocycles. The predicted octanol–water partition coefficient (Wildman–Crippen LogP) is 2.90. The lowest BCUT2D eigenvalue weighted by Crippen LogP contribution is -2.30. The molecular weight excluding hydrogens is 290 g/mol. The van der Waals surface area contributed by atoms with E-state index in [1.54, 1.807) is 4.90 Å². The summed E-state index contributed by atoms with van der Waals surface area (Å²) in [4.78, 5) is 13.8. The standard InChI is InChI=1S/C18H25N3O2/c1-14(2)13-21(3)18(22)12-11-17-20-19-16(23-17)10-9-15-7-5-4-6-8-15/h4-8,14H,9-13H2,1-3H3. The zero-order valence-electron chi connectivity index (χ0n) is 14.2. The lowest BCUT2D eigenvalue weighted by molar-refractivity contribution is -0.130. The number of carbonyl (C=O) groups is 1. The zero-order chi connectivity index (χ0) is 16.7. The van der Waals surface area contributed by atoms with Gasteiger partial charge in [-0.15, -0.1) is 10.2 Å². The fourth-order valence-electron chi connectivity index (χ4n) is 2.44. The van der Waals surface area contributed by atoms with Gasteiger partial charge >= 0.3 is 0 Å². The molecule has 2 aromatic rings. The Morgan fingerprint density at radius 2 is 1.74 bits per heavy atom. The molecule has 1 aromatic heterocycles. The number of hydrogen-bond donors (Lipinski definition) is 0. The molecule has 0 spiro atoms. The Kier molecular flexibility index (Phi) is 6.32. The van der Waals surface area contributed by atoms with Gasteiger partial charge in [0.25, 0.3) is 0 Å². The lowest BCUT2D eigenvalue weighted by Gasteiger charge is -2.18. The van der Waals surface area contributed by atoms with Crippen LogP contribution in [-0.2, 0) is 24.1 Å². The second-order valence-electron chi connectivity index (χ2n) is 6.24. The molecule has 1 heterocycles. The molecule has 0 atom stereocenters. The van der Waals surface area contributed by atoms with Crippen LogP contribution in [0.2, 0.25) is 0 Å². The molecule has 2 rings (SSSR count). The number of benzene rings is 1. The Labute approximate surface area is 137 Å². The van der Waals surface area contributed by atoms with E-state index in [9.17, 15) is 4.79 Å². The van der Waals surface area contributed by atoms with E-state index in [0.29, 0.717) is 30.5 Å². The van der Waals surface area contributed by atoms with E-state index >= 15 is 0 Å². The number of carbonyl (C=O) groups excluding carboxylic acids is 1. The summed E-state index contributed by atoms with van der Waals surface area (Å²) in [6, 6.07) is 10.2. The molecule has 0 aliphatic rings. The van der Waals surface area contributed by atoms with Gasteiger partial charge in [0.2, 0.25) is 17.7 Å². The largest absolute Gasteiger partial charge is 0.425 e. The van der Waals surface area contributed by atoms with Gasteiger partial charge < -0.3 is 9.32 Å². The summed E-state index contributed by atoms with van der Waals surface area (Å²) in [6.45, 7) is 4.96. The highest BCUT2D eigenvalue weighted by Crippen LogP contribution is 2.09. The van der Waals surface area contributed by atoms with E-state index < -0.39 is 0 Å². The van der Waals surface area contributed by atoms with Crippen molar-refractivity contribution in [2.75, 3.05) is 13.6 Å². The predicted molar refractivity (Wildman–Crippen MR) is 88.9 cm³/mol. The van der Waals surface area contributed by atoms with Crippen LogP contribution in [0.1, 0.15) is 37.6 Å². The average Bonchev–Trinajstić information content (AvgIpc) is 2.99. The molecule has 0 unspecified atom stereocenters. The van der Waals surface area contributed by atoms with Crippen molar-refractivity contribution in [3.05, 3.63) is 47.7 Å². The highest BCUT2D eigenvalue weighted by molar-refractivity contribution is 5.75. The molecule has 0 fully saturated rings. The normalized spacial score (nSPS) is 11.0. The summed E-state index contributed by atoms with van der Waals surface area (Å²) in [5.74, 6) is 1.76. The second-order valence-corrected chi connectivity index (χ2v) is 6.24. The van der Waals surface area contributed by atoms with Gasteiger partial charge in [0.1, 0.15) is 0 Å². The minimum atomic E-state index is 0.114. The fourth-order valence-corrected chi connectivity index (χ4v) is 2.44. The first-order valence-electron chi connectivity index (χ1n) is 8.13. The van der Waals surface area contributed by atoms with Crippen LogP contribution >= 0.6 is 0 Å². The fraction of sp³-hybridized carbons (Fsp3) is 0.500. The van der Waals surface area contributed by atoms with E-state index in [0.717, 1.165) is 19.4 Å². The van der Waals surface area contributed by atoms with Crippen molar-refractivity contribution in [1.82, 2.24) is 15.1 Å². The lowest BCUT2D eigenvalue weighted by atomic mass is 10.1. The van der Waals surface area contributed by atoms with Crippen molar-refractivity contribution in [2.45, 2.75) is 39.5 Å². The number of aryl methyl sites for hydroxylation is 3. The van der Waals surface area contributed by atoms with Crippen LogP contribution in [0.15, 0.2) is 34.7 Å². The molecule has 0 N–H and O–H groups in total. The number of nitrogens with zero attached hydrogens (tertiary/aromatic N) is 3. The monoisotopic (exact) mass is 315 g/mol. The maximum Gasteiger partial charge on any atom is 0.222 e. The van der Waals surface area contributed by atoms with Gasteiger partial charge in [0.15, 0.2) is 0 Å². The summed E-state index contributed by atoms with van der Waals surface area (Å²) in [5.41, 5.74) is 1.25. The maximum atomic E-state index is 12.0. The van der Waals surface area contributed by atoms with Gasteiger partial charge in [-0.3, -0.25) is 4.79 Å². The zero-order valence-corrected chi connectivity index (χ0v) is 14.2. The van der Waals surface area contributed by atoms with Gasteiger partial charge in [-0.05, 0) is 17.9 Å². The first-order valence-corrected chi connectivity index (χ1v) is 8.13. The minimum Gasteiger partial charge on any atom is -0.425 e. The van der Waals surface area contributed by atoms with Gasteiger partial charge in [0.05, 0.1) is 0 Å². The Morgan fingerprint density at radius 3 is 2.39 bits per heavy atom. The molecule has 0 aliphatic heterocycles. The molecule has 0 saturated carbocycles. The van der Waals surface area contributed by atoms with Crippen molar-refractivity contribution < 1.29 is 9.21 Å². The Bertz CT molecular complexity index is 608. The molecule has 23 heavy (non-hydrogen) atoms. The number of aromatic nitrogens is 2. The minimum absolute atomic E-state index is 0.114. The molecular formula is C18H25N3O2. The second kappa shape index (κ2) is 8.46. The summed E-state index contributed by atoms with van der Waals surface area (Å²) >= 11 is 0. The van der Waals surface area contributed by atoms with Crippen LogP contribution < -0.4 is 0 Å². The van der Waals surface area contributed by atoms with E-state index in [2.05, 4.69) is 36.2 Å². The smallest absolute Gasteiger partial charge is 0.222 e. The number of hydrogen-bond acceptors (Lipinski definition) is 4. The van der Waals surface area contributed by atoms with Crippen LogP contribution in [-0.4, -0.2) is 34.6 Å². The van der Waals surface area contributed by atoms with Crippen LogP contribution in [0.25, 0.3) is 0 Å². The van der Waals surface area contributed by atoms with Crippen molar-refractivity contribution in [3.8, 4) is 0 Å².